The number of nitrogens with zero attached hydrogens (tertiary/aromatic N) is 1. The van der Waals surface area contributed by atoms with Crippen LogP contribution in [0.4, 0.5) is 5.69 Å². The lowest BCUT2D eigenvalue weighted by Gasteiger charge is -2.03. The molecule has 1 aromatic carbocycles. The Morgan fingerprint density at radius 3 is 2.77 bits per heavy atom. The Morgan fingerprint density at radius 1 is 1.46 bits per heavy atom. The summed E-state index contributed by atoms with van der Waals surface area (Å²) >= 11 is 0. The highest BCUT2D eigenvalue weighted by molar-refractivity contribution is 5.67. The van der Waals surface area contributed by atoms with Crippen LogP contribution in [0.1, 0.15) is 12.5 Å². The van der Waals surface area contributed by atoms with Gasteiger partial charge in [-0.1, -0.05) is 12.2 Å². The van der Waals surface area contributed by atoms with E-state index in [2.05, 4.69) is 11.7 Å². The summed E-state index contributed by atoms with van der Waals surface area (Å²) in [6.45, 7) is 5.47. The molecule has 0 fully saturated rings. The summed E-state index contributed by atoms with van der Waals surface area (Å²) < 4.78 is 5.10. The van der Waals surface area contributed by atoms with Crippen LogP contribution in [0, 0.1) is 0 Å². The minimum atomic E-state index is 0.834. The number of rotatable bonds is 3. The molecule has 0 heterocycles. The maximum absolute atomic E-state index is 5.10. The largest absolute Gasteiger partial charge is 0.497 e. The normalized spacial score (nSPS) is 10.3. The third-order valence-corrected chi connectivity index (χ3v) is 1.75. The Balaban J connectivity index is 3.17. The third-order valence-electron chi connectivity index (χ3n) is 1.75. The molecule has 2 nitrogen and oxygen atoms in total. The van der Waals surface area contributed by atoms with Crippen molar-refractivity contribution < 1.29 is 4.74 Å². The van der Waals surface area contributed by atoms with E-state index in [1.54, 1.807) is 7.11 Å². The molecule has 0 atom stereocenters. The fourth-order valence-electron chi connectivity index (χ4n) is 1.12. The summed E-state index contributed by atoms with van der Waals surface area (Å²) in [4.78, 5) is 3.91. The van der Waals surface area contributed by atoms with Crippen LogP contribution in [0.2, 0.25) is 0 Å². The second-order valence-corrected chi connectivity index (χ2v) is 2.58. The van der Waals surface area contributed by atoms with Gasteiger partial charge in [-0.05, 0) is 31.8 Å². The summed E-state index contributed by atoms with van der Waals surface area (Å²) in [6.07, 6.45) is 3.94. The van der Waals surface area contributed by atoms with Crippen LogP contribution < -0.4 is 4.74 Å². The first-order valence-corrected chi connectivity index (χ1v) is 4.09. The average molecular weight is 175 g/mol. The van der Waals surface area contributed by atoms with E-state index in [1.807, 2.05) is 37.3 Å². The van der Waals surface area contributed by atoms with E-state index in [1.165, 1.54) is 0 Å². The SMILES string of the molecule is C=Nc1ccc(OC)cc1/C=C\C. The van der Waals surface area contributed by atoms with Crippen LogP contribution in [-0.2, 0) is 0 Å². The highest BCUT2D eigenvalue weighted by atomic mass is 16.5. The maximum atomic E-state index is 5.10. The number of methoxy groups -OCH3 is 1. The Bertz CT molecular complexity index is 329. The molecule has 0 N–H and O–H groups in total. The number of aliphatic imine (C=N–C) groups is 1. The van der Waals surface area contributed by atoms with Gasteiger partial charge in [0.25, 0.3) is 0 Å². The van der Waals surface area contributed by atoms with E-state index in [4.69, 9.17) is 4.74 Å². The molecule has 0 bridgehead atoms. The average Bonchev–Trinajstić information content (AvgIpc) is 2.18. The molecule has 0 aliphatic rings. The fourth-order valence-corrected chi connectivity index (χ4v) is 1.12. The summed E-state index contributed by atoms with van der Waals surface area (Å²) in [5.41, 5.74) is 1.90. The summed E-state index contributed by atoms with van der Waals surface area (Å²) in [6, 6.07) is 5.70. The van der Waals surface area contributed by atoms with Gasteiger partial charge in [-0.3, -0.25) is 4.99 Å². The molecular formula is C11H13NO. The molecule has 0 aliphatic carbocycles. The topological polar surface area (TPSA) is 21.6 Å². The highest BCUT2D eigenvalue weighted by Crippen LogP contribution is 2.25. The number of ether oxygens (including phenoxy) is 1. The van der Waals surface area contributed by atoms with E-state index in [-0.39, 0.29) is 0 Å². The zero-order valence-electron chi connectivity index (χ0n) is 7.95. The summed E-state index contributed by atoms with van der Waals surface area (Å²) in [7, 11) is 1.65. The van der Waals surface area contributed by atoms with Gasteiger partial charge in [0.15, 0.2) is 0 Å². The molecule has 13 heavy (non-hydrogen) atoms. The highest BCUT2D eigenvalue weighted by Gasteiger charge is 1.98. The second kappa shape index (κ2) is 4.45. The lowest BCUT2D eigenvalue weighted by molar-refractivity contribution is 0.415. The van der Waals surface area contributed by atoms with Crippen LogP contribution in [0.15, 0.2) is 29.3 Å². The van der Waals surface area contributed by atoms with Crippen LogP contribution in [0.25, 0.3) is 6.08 Å². The molecular weight excluding hydrogens is 162 g/mol. The first kappa shape index (κ1) is 9.52. The number of benzene rings is 1. The van der Waals surface area contributed by atoms with E-state index < -0.39 is 0 Å². The minimum Gasteiger partial charge on any atom is -0.497 e. The van der Waals surface area contributed by atoms with Gasteiger partial charge in [0.05, 0.1) is 12.8 Å². The molecule has 0 aromatic heterocycles. The van der Waals surface area contributed by atoms with Crippen LogP contribution in [0.3, 0.4) is 0 Å². The lowest BCUT2D eigenvalue weighted by atomic mass is 10.1. The summed E-state index contributed by atoms with van der Waals surface area (Å²) in [5, 5.41) is 0. The fraction of sp³-hybridized carbons (Fsp3) is 0.182. The van der Waals surface area contributed by atoms with Gasteiger partial charge in [0.2, 0.25) is 0 Å². The van der Waals surface area contributed by atoms with Crippen molar-refractivity contribution in [2.45, 2.75) is 6.92 Å². The van der Waals surface area contributed by atoms with Crippen molar-refractivity contribution >= 4 is 18.5 Å². The van der Waals surface area contributed by atoms with Gasteiger partial charge in [-0.2, -0.15) is 0 Å². The van der Waals surface area contributed by atoms with Crippen molar-refractivity contribution in [3.8, 4) is 5.75 Å². The molecule has 0 saturated heterocycles. The third kappa shape index (κ3) is 2.18. The standard InChI is InChI=1S/C11H13NO/c1-4-5-9-8-10(13-3)6-7-11(9)12-2/h4-8H,2H2,1,3H3/b5-4-. The molecule has 0 amide bonds. The van der Waals surface area contributed by atoms with Crippen LogP contribution in [0.5, 0.6) is 5.75 Å². The molecule has 0 saturated carbocycles. The van der Waals surface area contributed by atoms with Gasteiger partial charge in [-0.25, -0.2) is 0 Å². The number of allylic oxidation sites excluding steroid dienone is 1. The molecule has 1 rings (SSSR count). The summed E-state index contributed by atoms with van der Waals surface area (Å²) in [5.74, 6) is 0.834. The first-order chi connectivity index (χ1) is 6.31. The molecule has 0 unspecified atom stereocenters. The Morgan fingerprint density at radius 2 is 2.23 bits per heavy atom. The smallest absolute Gasteiger partial charge is 0.119 e. The van der Waals surface area contributed by atoms with Gasteiger partial charge < -0.3 is 4.74 Å². The first-order valence-electron chi connectivity index (χ1n) is 4.09. The lowest BCUT2D eigenvalue weighted by Crippen LogP contribution is -1.83. The Kier molecular flexibility index (Phi) is 3.26. The van der Waals surface area contributed by atoms with Crippen molar-refractivity contribution in [1.29, 1.82) is 0 Å². The molecule has 68 valence electrons. The van der Waals surface area contributed by atoms with Crippen LogP contribution >= 0.6 is 0 Å². The molecule has 0 spiro atoms. The molecule has 0 aliphatic heterocycles. The Hall–Kier alpha value is -1.57. The molecule has 0 radical (unpaired) electrons. The maximum Gasteiger partial charge on any atom is 0.119 e. The van der Waals surface area contributed by atoms with Gasteiger partial charge >= 0.3 is 0 Å². The number of hydrogen-bond acceptors (Lipinski definition) is 2. The van der Waals surface area contributed by atoms with Crippen LogP contribution in [-0.4, -0.2) is 13.8 Å². The van der Waals surface area contributed by atoms with Crippen molar-refractivity contribution in [3.63, 3.8) is 0 Å². The number of hydrogen-bond donors (Lipinski definition) is 0. The molecule has 1 aromatic rings. The van der Waals surface area contributed by atoms with Crippen molar-refractivity contribution in [2.75, 3.05) is 7.11 Å². The van der Waals surface area contributed by atoms with Crippen molar-refractivity contribution in [1.82, 2.24) is 0 Å². The van der Waals surface area contributed by atoms with E-state index in [9.17, 15) is 0 Å². The van der Waals surface area contributed by atoms with Gasteiger partial charge in [-0.15, -0.1) is 0 Å². The predicted molar refractivity (Wildman–Crippen MR) is 56.9 cm³/mol. The van der Waals surface area contributed by atoms with Gasteiger partial charge in [0.1, 0.15) is 5.75 Å². The van der Waals surface area contributed by atoms with E-state index in [0.29, 0.717) is 0 Å². The monoisotopic (exact) mass is 175 g/mol. The zero-order valence-corrected chi connectivity index (χ0v) is 7.95. The van der Waals surface area contributed by atoms with E-state index in [0.717, 1.165) is 17.0 Å². The second-order valence-electron chi connectivity index (χ2n) is 2.58. The quantitative estimate of drug-likeness (QED) is 0.647. The predicted octanol–water partition coefficient (Wildman–Crippen LogP) is 3.06. The minimum absolute atomic E-state index is 0.834. The van der Waals surface area contributed by atoms with Gasteiger partial charge in [0, 0.05) is 5.56 Å². The van der Waals surface area contributed by atoms with E-state index >= 15 is 0 Å². The van der Waals surface area contributed by atoms with Crippen molar-refractivity contribution in [2.24, 2.45) is 4.99 Å². The molecule has 2 heteroatoms. The van der Waals surface area contributed by atoms with Crippen molar-refractivity contribution in [3.05, 3.63) is 29.8 Å². The zero-order chi connectivity index (χ0) is 9.68. The Labute approximate surface area is 78.6 Å².